The van der Waals surface area contributed by atoms with Crippen molar-refractivity contribution in [1.82, 2.24) is 9.88 Å². The summed E-state index contributed by atoms with van der Waals surface area (Å²) in [6, 6.07) is 15.8. The van der Waals surface area contributed by atoms with Crippen LogP contribution in [0, 0.1) is 0 Å². The van der Waals surface area contributed by atoms with E-state index in [0.717, 1.165) is 30.5 Å². The van der Waals surface area contributed by atoms with Gasteiger partial charge >= 0.3 is 0 Å². The molecule has 0 bridgehead atoms. The smallest absolute Gasteiger partial charge is 0.115 e. The average molecular weight is 348 g/mol. The van der Waals surface area contributed by atoms with Gasteiger partial charge in [-0.1, -0.05) is 30.3 Å². The van der Waals surface area contributed by atoms with Crippen molar-refractivity contribution in [1.29, 1.82) is 0 Å². The van der Waals surface area contributed by atoms with Crippen molar-refractivity contribution in [2.24, 2.45) is 0 Å². The number of hydrogen-bond acceptors (Lipinski definition) is 3. The van der Waals surface area contributed by atoms with Gasteiger partial charge in [0, 0.05) is 41.4 Å². The molecule has 5 rings (SSSR count). The molecule has 134 valence electrons. The fourth-order valence-corrected chi connectivity index (χ4v) is 5.29. The Bertz CT molecular complexity index is 995. The topological polar surface area (TPSA) is 59.5 Å². The van der Waals surface area contributed by atoms with Crippen LogP contribution in [-0.2, 0) is 18.3 Å². The van der Waals surface area contributed by atoms with E-state index in [4.69, 9.17) is 0 Å². The SMILES string of the molecule is CN1CC[C@@]2(c3cccc(O)c3)Cc3[nH]c4ccccc4c3C[C@]2(O)C1. The Hall–Kier alpha value is -2.30. The molecule has 0 amide bonds. The van der Waals surface area contributed by atoms with Gasteiger partial charge in [-0.05, 0) is 49.3 Å². The molecule has 4 nitrogen and oxygen atoms in total. The van der Waals surface area contributed by atoms with E-state index in [2.05, 4.69) is 41.2 Å². The monoisotopic (exact) mass is 348 g/mol. The van der Waals surface area contributed by atoms with Crippen LogP contribution in [0.15, 0.2) is 48.5 Å². The number of likely N-dealkylation sites (tertiary alicyclic amines) is 1. The molecule has 3 aromatic rings. The average Bonchev–Trinajstić information content (AvgIpc) is 2.96. The second kappa shape index (κ2) is 5.35. The van der Waals surface area contributed by atoms with E-state index < -0.39 is 5.60 Å². The predicted molar refractivity (Wildman–Crippen MR) is 103 cm³/mol. The van der Waals surface area contributed by atoms with Crippen molar-refractivity contribution >= 4 is 10.9 Å². The zero-order valence-electron chi connectivity index (χ0n) is 15.0. The highest BCUT2D eigenvalue weighted by Crippen LogP contribution is 2.51. The van der Waals surface area contributed by atoms with Crippen molar-refractivity contribution < 1.29 is 10.2 Å². The number of phenols is 1. The number of likely N-dealkylation sites (N-methyl/N-ethyl adjacent to an activating group) is 1. The third-order valence-electron chi connectivity index (χ3n) is 6.59. The minimum Gasteiger partial charge on any atom is -0.508 e. The predicted octanol–water partition coefficient (Wildman–Crippen LogP) is 2.98. The van der Waals surface area contributed by atoms with E-state index in [1.54, 1.807) is 6.07 Å². The lowest BCUT2D eigenvalue weighted by Gasteiger charge is -2.55. The zero-order chi connectivity index (χ0) is 17.9. The largest absolute Gasteiger partial charge is 0.508 e. The van der Waals surface area contributed by atoms with Gasteiger partial charge in [-0.2, -0.15) is 0 Å². The number of aliphatic hydroxyl groups is 1. The molecule has 1 aromatic heterocycles. The number of piperidine rings is 1. The van der Waals surface area contributed by atoms with Crippen molar-refractivity contribution in [2.45, 2.75) is 30.3 Å². The lowest BCUT2D eigenvalue weighted by atomic mass is 9.56. The van der Waals surface area contributed by atoms with Gasteiger partial charge < -0.3 is 20.1 Å². The van der Waals surface area contributed by atoms with E-state index in [-0.39, 0.29) is 11.2 Å². The number of aromatic hydroxyl groups is 1. The number of H-pyrrole nitrogens is 1. The van der Waals surface area contributed by atoms with Gasteiger partial charge in [-0.15, -0.1) is 0 Å². The summed E-state index contributed by atoms with van der Waals surface area (Å²) < 4.78 is 0. The fourth-order valence-electron chi connectivity index (χ4n) is 5.29. The quantitative estimate of drug-likeness (QED) is 0.634. The van der Waals surface area contributed by atoms with E-state index in [0.29, 0.717) is 13.0 Å². The van der Waals surface area contributed by atoms with Gasteiger partial charge in [0.25, 0.3) is 0 Å². The minimum atomic E-state index is -0.855. The maximum absolute atomic E-state index is 11.9. The number of hydrogen-bond donors (Lipinski definition) is 3. The first kappa shape index (κ1) is 15.9. The van der Waals surface area contributed by atoms with E-state index in [9.17, 15) is 10.2 Å². The van der Waals surface area contributed by atoms with Gasteiger partial charge in [0.1, 0.15) is 5.75 Å². The molecule has 2 aromatic carbocycles. The number of aromatic nitrogens is 1. The standard InChI is InChI=1S/C22H24N2O2/c1-24-10-9-21(15-5-4-6-16(25)11-15)13-20-18(12-22(21,26)14-24)17-7-2-3-8-19(17)23-20/h2-8,11,23,25-26H,9-10,12-14H2,1H3/t21-,22-/m0/s1. The highest BCUT2D eigenvalue weighted by molar-refractivity contribution is 5.85. The van der Waals surface area contributed by atoms with Crippen LogP contribution in [0.2, 0.25) is 0 Å². The first-order valence-corrected chi connectivity index (χ1v) is 9.30. The summed E-state index contributed by atoms with van der Waals surface area (Å²) in [6.07, 6.45) is 2.27. The van der Waals surface area contributed by atoms with E-state index in [1.807, 2.05) is 18.2 Å². The molecule has 2 atom stereocenters. The highest BCUT2D eigenvalue weighted by atomic mass is 16.3. The summed E-state index contributed by atoms with van der Waals surface area (Å²) >= 11 is 0. The maximum atomic E-state index is 11.9. The van der Waals surface area contributed by atoms with Crippen molar-refractivity contribution in [3.8, 4) is 5.75 Å². The number of nitrogens with zero attached hydrogens (tertiary/aromatic N) is 1. The Kier molecular flexibility index (Phi) is 3.27. The van der Waals surface area contributed by atoms with Gasteiger partial charge in [-0.25, -0.2) is 0 Å². The lowest BCUT2D eigenvalue weighted by molar-refractivity contribution is -0.0972. The maximum Gasteiger partial charge on any atom is 0.115 e. The van der Waals surface area contributed by atoms with Gasteiger partial charge in [0.15, 0.2) is 0 Å². The molecule has 2 aliphatic rings. The molecule has 0 saturated carbocycles. The van der Waals surface area contributed by atoms with Gasteiger partial charge in [0.05, 0.1) is 5.60 Å². The minimum absolute atomic E-state index is 0.264. The summed E-state index contributed by atoms with van der Waals surface area (Å²) in [5, 5.41) is 23.2. The van der Waals surface area contributed by atoms with Gasteiger partial charge in [-0.3, -0.25) is 0 Å². The highest BCUT2D eigenvalue weighted by Gasteiger charge is 2.57. The number of β-amino-alcohol motifs (C(OH)–C–C–N with tert-alkyl or cyclic N) is 1. The Morgan fingerprint density at radius 2 is 1.92 bits per heavy atom. The molecule has 1 aliphatic carbocycles. The Balaban J connectivity index is 1.74. The molecule has 3 N–H and O–H groups in total. The molecule has 1 aliphatic heterocycles. The third-order valence-corrected chi connectivity index (χ3v) is 6.59. The molecule has 1 saturated heterocycles. The van der Waals surface area contributed by atoms with Crippen LogP contribution >= 0.6 is 0 Å². The molecule has 0 radical (unpaired) electrons. The number of para-hydroxylation sites is 1. The number of fused-ring (bicyclic) bond motifs is 4. The van der Waals surface area contributed by atoms with Crippen LogP contribution < -0.4 is 0 Å². The summed E-state index contributed by atoms with van der Waals surface area (Å²) in [5.41, 5.74) is 3.41. The van der Waals surface area contributed by atoms with Crippen molar-refractivity contribution in [3.05, 3.63) is 65.4 Å². The molecule has 4 heteroatoms. The summed E-state index contributed by atoms with van der Waals surface area (Å²) in [5.74, 6) is 0.264. The molecule has 0 unspecified atom stereocenters. The summed E-state index contributed by atoms with van der Waals surface area (Å²) in [7, 11) is 2.08. The molecule has 2 heterocycles. The number of rotatable bonds is 1. The molecular weight excluding hydrogens is 324 g/mol. The third kappa shape index (κ3) is 2.09. The molecule has 0 spiro atoms. The second-order valence-electron chi connectivity index (χ2n) is 8.13. The summed E-state index contributed by atoms with van der Waals surface area (Å²) in [6.45, 7) is 1.58. The van der Waals surface area contributed by atoms with Crippen LogP contribution in [-0.4, -0.2) is 45.8 Å². The zero-order valence-corrected chi connectivity index (χ0v) is 15.0. The number of benzene rings is 2. The first-order chi connectivity index (χ1) is 12.5. The van der Waals surface area contributed by atoms with Crippen LogP contribution in [0.5, 0.6) is 5.75 Å². The normalized spacial score (nSPS) is 28.7. The van der Waals surface area contributed by atoms with Crippen LogP contribution in [0.25, 0.3) is 10.9 Å². The Labute approximate surface area is 153 Å². The number of nitrogens with one attached hydrogen (secondary N) is 1. The van der Waals surface area contributed by atoms with Crippen molar-refractivity contribution in [3.63, 3.8) is 0 Å². The van der Waals surface area contributed by atoms with Crippen LogP contribution in [0.4, 0.5) is 0 Å². The van der Waals surface area contributed by atoms with Crippen LogP contribution in [0.3, 0.4) is 0 Å². The van der Waals surface area contributed by atoms with Crippen molar-refractivity contribution in [2.75, 3.05) is 20.1 Å². The Morgan fingerprint density at radius 1 is 1.08 bits per heavy atom. The first-order valence-electron chi connectivity index (χ1n) is 9.30. The summed E-state index contributed by atoms with van der Waals surface area (Å²) in [4.78, 5) is 5.82. The van der Waals surface area contributed by atoms with E-state index in [1.165, 1.54) is 16.6 Å². The van der Waals surface area contributed by atoms with Crippen LogP contribution in [0.1, 0.15) is 23.2 Å². The lowest BCUT2D eigenvalue weighted by Crippen LogP contribution is -2.65. The Morgan fingerprint density at radius 3 is 2.77 bits per heavy atom. The fraction of sp³-hybridized carbons (Fsp3) is 0.364. The van der Waals surface area contributed by atoms with Gasteiger partial charge in [0.2, 0.25) is 0 Å². The van der Waals surface area contributed by atoms with E-state index >= 15 is 0 Å². The molecule has 1 fully saturated rings. The molecular formula is C22H24N2O2. The molecule has 26 heavy (non-hydrogen) atoms. The number of aromatic amines is 1. The second-order valence-corrected chi connectivity index (χ2v) is 8.13. The number of phenolic OH excluding ortho intramolecular Hbond substituents is 1.